The van der Waals surface area contributed by atoms with Crippen molar-refractivity contribution in [1.82, 2.24) is 0 Å². The van der Waals surface area contributed by atoms with Crippen LogP contribution in [0.15, 0.2) is 48.5 Å². The molecular weight excluding hydrogens is 392 g/mol. The first-order valence-electron chi connectivity index (χ1n) is 7.49. The number of hydrogen-bond acceptors (Lipinski definition) is 2. The zero-order valence-electron chi connectivity index (χ0n) is 13.7. The average Bonchev–Trinajstić information content (AvgIpc) is 2.59. The van der Waals surface area contributed by atoms with E-state index >= 15 is 0 Å². The summed E-state index contributed by atoms with van der Waals surface area (Å²) in [4.78, 5) is 22.9. The van der Waals surface area contributed by atoms with Crippen molar-refractivity contribution in [3.63, 3.8) is 0 Å². The number of carbonyl (C=O) groups excluding carboxylic acids is 1. The Balaban J connectivity index is 2.44. The van der Waals surface area contributed by atoms with Gasteiger partial charge in [-0.3, -0.25) is 4.79 Å². The van der Waals surface area contributed by atoms with E-state index in [0.717, 1.165) is 12.2 Å². The molecule has 0 saturated heterocycles. The van der Waals surface area contributed by atoms with Crippen LogP contribution in [0.4, 0.5) is 32.0 Å². The van der Waals surface area contributed by atoms with Gasteiger partial charge in [-0.05, 0) is 35.9 Å². The highest BCUT2D eigenvalue weighted by atomic mass is 19.4. The maximum absolute atomic E-state index is 12.9. The summed E-state index contributed by atoms with van der Waals surface area (Å²) >= 11 is 0. The highest BCUT2D eigenvalue weighted by Gasteiger charge is 2.37. The molecule has 4 nitrogen and oxygen atoms in total. The van der Waals surface area contributed by atoms with Crippen LogP contribution in [-0.2, 0) is 17.1 Å². The second kappa shape index (κ2) is 7.75. The van der Waals surface area contributed by atoms with Crippen molar-refractivity contribution in [3.05, 3.63) is 70.8 Å². The predicted molar refractivity (Wildman–Crippen MR) is 87.5 cm³/mol. The highest BCUT2D eigenvalue weighted by molar-refractivity contribution is 6.05. The van der Waals surface area contributed by atoms with Crippen molar-refractivity contribution in [2.75, 3.05) is 5.32 Å². The summed E-state index contributed by atoms with van der Waals surface area (Å²) in [5, 5.41) is 10.8. The summed E-state index contributed by atoms with van der Waals surface area (Å²) < 4.78 is 77.4. The summed E-state index contributed by atoms with van der Waals surface area (Å²) in [6.45, 7) is 0. The first-order valence-corrected chi connectivity index (χ1v) is 7.49. The number of benzene rings is 2. The quantitative estimate of drug-likeness (QED) is 0.553. The second-order valence-corrected chi connectivity index (χ2v) is 5.51. The van der Waals surface area contributed by atoms with Crippen LogP contribution in [0.1, 0.15) is 27.0 Å². The van der Waals surface area contributed by atoms with Crippen LogP contribution < -0.4 is 5.32 Å². The molecule has 0 atom stereocenters. The van der Waals surface area contributed by atoms with Crippen LogP contribution in [0.25, 0.3) is 6.08 Å². The van der Waals surface area contributed by atoms with Crippen molar-refractivity contribution < 1.29 is 41.0 Å². The lowest BCUT2D eigenvalue weighted by molar-refractivity contribution is -0.143. The Labute approximate surface area is 154 Å². The van der Waals surface area contributed by atoms with Gasteiger partial charge in [-0.1, -0.05) is 18.2 Å². The summed E-state index contributed by atoms with van der Waals surface area (Å²) in [6, 6.07) is 6.20. The van der Waals surface area contributed by atoms with E-state index in [-0.39, 0.29) is 17.3 Å². The molecule has 148 valence electrons. The Kier molecular flexibility index (Phi) is 5.81. The molecule has 0 aromatic heterocycles. The molecule has 0 radical (unpaired) electrons. The molecular formula is C18H11F6NO3. The average molecular weight is 403 g/mol. The SMILES string of the molecule is O=C(O)/C=C/c1ccccc1NC(=O)c1cc(C(F)(F)F)cc(C(F)(F)F)c1. The highest BCUT2D eigenvalue weighted by Crippen LogP contribution is 2.36. The van der Waals surface area contributed by atoms with Crippen LogP contribution >= 0.6 is 0 Å². The number of halogens is 6. The number of anilines is 1. The summed E-state index contributed by atoms with van der Waals surface area (Å²) in [5.41, 5.74) is -3.88. The Bertz CT molecular complexity index is 899. The number of hydrogen-bond donors (Lipinski definition) is 2. The molecule has 2 N–H and O–H groups in total. The maximum atomic E-state index is 12.9. The topological polar surface area (TPSA) is 66.4 Å². The number of alkyl halides is 6. The third-order valence-corrected chi connectivity index (χ3v) is 3.46. The number of para-hydroxylation sites is 1. The third-order valence-electron chi connectivity index (χ3n) is 3.46. The summed E-state index contributed by atoms with van der Waals surface area (Å²) in [7, 11) is 0. The van der Waals surface area contributed by atoms with Crippen LogP contribution in [0.3, 0.4) is 0 Å². The van der Waals surface area contributed by atoms with Crippen molar-refractivity contribution >= 4 is 23.6 Å². The maximum Gasteiger partial charge on any atom is 0.416 e. The monoisotopic (exact) mass is 403 g/mol. The Morgan fingerprint density at radius 3 is 1.93 bits per heavy atom. The van der Waals surface area contributed by atoms with Gasteiger partial charge in [0.15, 0.2) is 0 Å². The van der Waals surface area contributed by atoms with Crippen LogP contribution in [0.5, 0.6) is 0 Å². The van der Waals surface area contributed by atoms with Crippen molar-refractivity contribution in [2.24, 2.45) is 0 Å². The molecule has 0 aliphatic rings. The number of carbonyl (C=O) groups is 2. The van der Waals surface area contributed by atoms with Gasteiger partial charge in [-0.15, -0.1) is 0 Å². The number of amides is 1. The lowest BCUT2D eigenvalue weighted by atomic mass is 10.0. The molecule has 0 aliphatic heterocycles. The summed E-state index contributed by atoms with van der Waals surface area (Å²) in [5.74, 6) is -2.50. The van der Waals surface area contributed by atoms with E-state index in [1.165, 1.54) is 24.3 Å². The van der Waals surface area contributed by atoms with E-state index in [4.69, 9.17) is 5.11 Å². The van der Waals surface area contributed by atoms with Crippen molar-refractivity contribution in [1.29, 1.82) is 0 Å². The molecule has 2 aromatic rings. The van der Waals surface area contributed by atoms with E-state index in [1.54, 1.807) is 0 Å². The van der Waals surface area contributed by atoms with Gasteiger partial charge >= 0.3 is 18.3 Å². The molecule has 2 rings (SSSR count). The molecule has 1 amide bonds. The lowest BCUT2D eigenvalue weighted by Gasteiger charge is -2.14. The fraction of sp³-hybridized carbons (Fsp3) is 0.111. The van der Waals surface area contributed by atoms with E-state index in [9.17, 15) is 35.9 Å². The van der Waals surface area contributed by atoms with Crippen LogP contribution in [0, 0.1) is 0 Å². The Morgan fingerprint density at radius 2 is 1.43 bits per heavy atom. The fourth-order valence-corrected chi connectivity index (χ4v) is 2.20. The minimum atomic E-state index is -5.08. The van der Waals surface area contributed by atoms with Gasteiger partial charge in [-0.25, -0.2) is 4.79 Å². The van der Waals surface area contributed by atoms with Crippen molar-refractivity contribution in [2.45, 2.75) is 12.4 Å². The zero-order chi connectivity index (χ0) is 21.1. The van der Waals surface area contributed by atoms with Crippen LogP contribution in [-0.4, -0.2) is 17.0 Å². The van der Waals surface area contributed by atoms with Gasteiger partial charge < -0.3 is 10.4 Å². The molecule has 0 heterocycles. The van der Waals surface area contributed by atoms with Gasteiger partial charge in [0.1, 0.15) is 0 Å². The van der Waals surface area contributed by atoms with Gasteiger partial charge in [0.2, 0.25) is 0 Å². The smallest absolute Gasteiger partial charge is 0.416 e. The molecule has 0 aliphatic carbocycles. The number of carboxylic acid groups (broad SMARTS) is 1. The molecule has 0 unspecified atom stereocenters. The zero-order valence-corrected chi connectivity index (χ0v) is 13.7. The van der Waals surface area contributed by atoms with E-state index in [2.05, 4.69) is 5.32 Å². The molecule has 0 bridgehead atoms. The molecule has 10 heteroatoms. The number of carboxylic acids is 1. The Morgan fingerprint density at radius 1 is 0.893 bits per heavy atom. The van der Waals surface area contributed by atoms with E-state index in [0.29, 0.717) is 12.1 Å². The number of aliphatic carboxylic acids is 1. The molecule has 0 fully saturated rings. The number of nitrogens with one attached hydrogen (secondary N) is 1. The molecule has 0 saturated carbocycles. The van der Waals surface area contributed by atoms with Crippen LogP contribution in [0.2, 0.25) is 0 Å². The summed E-state index contributed by atoms with van der Waals surface area (Å²) in [6.07, 6.45) is -8.29. The Hall–Kier alpha value is -3.30. The molecule has 0 spiro atoms. The third kappa shape index (κ3) is 5.35. The minimum absolute atomic E-state index is 0.0102. The van der Waals surface area contributed by atoms with E-state index in [1.807, 2.05) is 0 Å². The first kappa shape index (κ1) is 21.0. The minimum Gasteiger partial charge on any atom is -0.478 e. The first-order chi connectivity index (χ1) is 12.9. The van der Waals surface area contributed by atoms with E-state index < -0.39 is 40.9 Å². The van der Waals surface area contributed by atoms with Crippen molar-refractivity contribution in [3.8, 4) is 0 Å². The lowest BCUT2D eigenvalue weighted by Crippen LogP contribution is -2.17. The standard InChI is InChI=1S/C18H11F6NO3/c19-17(20,21)12-7-11(8-13(9-12)18(22,23)24)16(28)25-14-4-2-1-3-10(14)5-6-15(26)27/h1-9H,(H,25,28)(H,26,27)/b6-5+. The normalized spacial score (nSPS) is 12.2. The molecule has 2 aromatic carbocycles. The number of rotatable bonds is 4. The van der Waals surface area contributed by atoms with Gasteiger partial charge in [0, 0.05) is 17.3 Å². The predicted octanol–water partition coefficient (Wildman–Crippen LogP) is 5.07. The second-order valence-electron chi connectivity index (χ2n) is 5.51. The van der Waals surface area contributed by atoms with Gasteiger partial charge in [0.05, 0.1) is 11.1 Å². The fourth-order valence-electron chi connectivity index (χ4n) is 2.20. The molecule has 28 heavy (non-hydrogen) atoms. The van der Waals surface area contributed by atoms with Gasteiger partial charge in [-0.2, -0.15) is 26.3 Å². The van der Waals surface area contributed by atoms with Gasteiger partial charge in [0.25, 0.3) is 5.91 Å². The largest absolute Gasteiger partial charge is 0.478 e.